The Hall–Kier alpha value is -1.39. The second kappa shape index (κ2) is 7.41. The second-order valence-corrected chi connectivity index (χ2v) is 5.78. The SMILES string of the molecule is CCCC(CCC(=O)O)CCN1C(=O)C(C)C(C)C1=O. The van der Waals surface area contributed by atoms with Gasteiger partial charge >= 0.3 is 5.97 Å². The molecule has 5 heteroatoms. The molecule has 1 N–H and O–H groups in total. The molecular weight excluding hydrogens is 258 g/mol. The van der Waals surface area contributed by atoms with Gasteiger partial charge in [-0.15, -0.1) is 0 Å². The lowest BCUT2D eigenvalue weighted by Crippen LogP contribution is -2.33. The lowest BCUT2D eigenvalue weighted by molar-refractivity contribution is -0.141. The van der Waals surface area contributed by atoms with Crippen LogP contribution in [0.15, 0.2) is 0 Å². The highest BCUT2D eigenvalue weighted by molar-refractivity contribution is 6.04. The zero-order valence-electron chi connectivity index (χ0n) is 12.6. The third-order valence-corrected chi connectivity index (χ3v) is 4.29. The summed E-state index contributed by atoms with van der Waals surface area (Å²) in [5.41, 5.74) is 0. The normalized spacial score (nSPS) is 24.2. The predicted octanol–water partition coefficient (Wildman–Crippen LogP) is 2.30. The molecule has 0 aromatic rings. The van der Waals surface area contributed by atoms with Crippen LogP contribution in [0.5, 0.6) is 0 Å². The summed E-state index contributed by atoms with van der Waals surface area (Å²) in [6, 6.07) is 0. The quantitative estimate of drug-likeness (QED) is 0.694. The Labute approximate surface area is 120 Å². The first kappa shape index (κ1) is 16.7. The van der Waals surface area contributed by atoms with Crippen LogP contribution >= 0.6 is 0 Å². The minimum absolute atomic E-state index is 0.0871. The fourth-order valence-electron chi connectivity index (χ4n) is 2.73. The molecule has 0 aliphatic carbocycles. The molecule has 1 heterocycles. The third kappa shape index (κ3) is 4.05. The minimum atomic E-state index is -0.790. The van der Waals surface area contributed by atoms with Crippen LogP contribution in [0.3, 0.4) is 0 Å². The van der Waals surface area contributed by atoms with Crippen molar-refractivity contribution in [1.29, 1.82) is 0 Å². The molecule has 5 nitrogen and oxygen atoms in total. The van der Waals surface area contributed by atoms with Gasteiger partial charge < -0.3 is 5.11 Å². The predicted molar refractivity (Wildman–Crippen MR) is 74.9 cm³/mol. The average Bonchev–Trinajstić information content (AvgIpc) is 2.58. The molecule has 3 unspecified atom stereocenters. The Balaban J connectivity index is 2.52. The summed E-state index contributed by atoms with van der Waals surface area (Å²) in [6.07, 6.45) is 3.40. The van der Waals surface area contributed by atoms with Gasteiger partial charge in [-0.3, -0.25) is 19.3 Å². The molecule has 1 rings (SSSR count). The van der Waals surface area contributed by atoms with Crippen LogP contribution in [-0.4, -0.2) is 34.3 Å². The van der Waals surface area contributed by atoms with E-state index in [1.54, 1.807) is 13.8 Å². The Kier molecular flexibility index (Phi) is 6.17. The molecule has 1 aliphatic heterocycles. The topological polar surface area (TPSA) is 74.7 Å². The van der Waals surface area contributed by atoms with Gasteiger partial charge in [-0.1, -0.05) is 33.6 Å². The van der Waals surface area contributed by atoms with E-state index in [1.165, 1.54) is 4.90 Å². The number of nitrogens with zero attached hydrogens (tertiary/aromatic N) is 1. The van der Waals surface area contributed by atoms with Gasteiger partial charge in [-0.05, 0) is 18.8 Å². The van der Waals surface area contributed by atoms with Crippen LogP contribution in [0.25, 0.3) is 0 Å². The van der Waals surface area contributed by atoms with E-state index in [-0.39, 0.29) is 36.0 Å². The molecule has 0 spiro atoms. The molecule has 114 valence electrons. The van der Waals surface area contributed by atoms with Crippen molar-refractivity contribution in [2.24, 2.45) is 17.8 Å². The molecule has 0 radical (unpaired) electrons. The molecule has 20 heavy (non-hydrogen) atoms. The highest BCUT2D eigenvalue weighted by atomic mass is 16.4. The fraction of sp³-hybridized carbons (Fsp3) is 0.800. The molecule has 1 saturated heterocycles. The lowest BCUT2D eigenvalue weighted by Gasteiger charge is -2.20. The van der Waals surface area contributed by atoms with E-state index in [1.807, 2.05) is 0 Å². The fourth-order valence-corrected chi connectivity index (χ4v) is 2.73. The number of amides is 2. The van der Waals surface area contributed by atoms with Crippen molar-refractivity contribution in [3.8, 4) is 0 Å². The number of rotatable bonds is 8. The summed E-state index contributed by atoms with van der Waals surface area (Å²) in [4.78, 5) is 35.9. The second-order valence-electron chi connectivity index (χ2n) is 5.78. The number of imide groups is 1. The molecule has 0 saturated carbocycles. The number of carboxylic acid groups (broad SMARTS) is 1. The van der Waals surface area contributed by atoms with Gasteiger partial charge in [0.05, 0.1) is 0 Å². The Bertz CT molecular complexity index is 360. The standard InChI is InChI=1S/C15H25NO4/c1-4-5-12(6-7-13(17)18)8-9-16-14(19)10(2)11(3)15(16)20/h10-12H,4-9H2,1-3H3,(H,17,18). The van der Waals surface area contributed by atoms with Crippen molar-refractivity contribution < 1.29 is 19.5 Å². The zero-order chi connectivity index (χ0) is 15.3. The number of carboxylic acids is 1. The van der Waals surface area contributed by atoms with Crippen LogP contribution in [-0.2, 0) is 14.4 Å². The maximum Gasteiger partial charge on any atom is 0.303 e. The molecular formula is C15H25NO4. The molecule has 3 atom stereocenters. The van der Waals surface area contributed by atoms with Crippen molar-refractivity contribution in [2.75, 3.05) is 6.54 Å². The smallest absolute Gasteiger partial charge is 0.303 e. The van der Waals surface area contributed by atoms with Crippen LogP contribution < -0.4 is 0 Å². The number of hydrogen-bond donors (Lipinski definition) is 1. The lowest BCUT2D eigenvalue weighted by atomic mass is 9.94. The monoisotopic (exact) mass is 283 g/mol. The molecule has 2 amide bonds. The highest BCUT2D eigenvalue weighted by Gasteiger charge is 2.41. The van der Waals surface area contributed by atoms with Crippen LogP contribution in [0.1, 0.15) is 52.9 Å². The number of carbonyl (C=O) groups excluding carboxylic acids is 2. The van der Waals surface area contributed by atoms with E-state index < -0.39 is 5.97 Å². The van der Waals surface area contributed by atoms with Crippen molar-refractivity contribution in [2.45, 2.75) is 52.9 Å². The summed E-state index contributed by atoms with van der Waals surface area (Å²) < 4.78 is 0. The molecule has 0 aromatic carbocycles. The van der Waals surface area contributed by atoms with Gasteiger partial charge in [-0.25, -0.2) is 0 Å². The summed E-state index contributed by atoms with van der Waals surface area (Å²) in [7, 11) is 0. The average molecular weight is 283 g/mol. The Morgan fingerprint density at radius 1 is 1.15 bits per heavy atom. The van der Waals surface area contributed by atoms with E-state index in [2.05, 4.69) is 6.92 Å². The van der Waals surface area contributed by atoms with Crippen molar-refractivity contribution in [1.82, 2.24) is 4.90 Å². The number of aliphatic carboxylic acids is 1. The summed E-state index contributed by atoms with van der Waals surface area (Å²) in [6.45, 7) is 6.07. The van der Waals surface area contributed by atoms with Crippen molar-refractivity contribution >= 4 is 17.8 Å². The van der Waals surface area contributed by atoms with Crippen LogP contribution in [0.2, 0.25) is 0 Å². The van der Waals surface area contributed by atoms with E-state index in [0.717, 1.165) is 12.8 Å². The van der Waals surface area contributed by atoms with Crippen LogP contribution in [0, 0.1) is 17.8 Å². The van der Waals surface area contributed by atoms with Crippen LogP contribution in [0.4, 0.5) is 0 Å². The molecule has 0 bridgehead atoms. The number of likely N-dealkylation sites (tertiary alicyclic amines) is 1. The molecule has 0 aromatic heterocycles. The van der Waals surface area contributed by atoms with Gasteiger partial charge in [0.25, 0.3) is 0 Å². The van der Waals surface area contributed by atoms with E-state index in [4.69, 9.17) is 5.11 Å². The zero-order valence-corrected chi connectivity index (χ0v) is 12.6. The summed E-state index contributed by atoms with van der Waals surface area (Å²) in [5, 5.41) is 8.75. The maximum absolute atomic E-state index is 12.0. The summed E-state index contributed by atoms with van der Waals surface area (Å²) >= 11 is 0. The minimum Gasteiger partial charge on any atom is -0.481 e. The van der Waals surface area contributed by atoms with Gasteiger partial charge in [0.2, 0.25) is 11.8 Å². The maximum atomic E-state index is 12.0. The van der Waals surface area contributed by atoms with Gasteiger partial charge in [0.15, 0.2) is 0 Å². The van der Waals surface area contributed by atoms with Gasteiger partial charge in [0.1, 0.15) is 0 Å². The van der Waals surface area contributed by atoms with E-state index in [9.17, 15) is 14.4 Å². The number of hydrogen-bond acceptors (Lipinski definition) is 3. The summed E-state index contributed by atoms with van der Waals surface area (Å²) in [5.74, 6) is -1.16. The molecule has 1 aliphatic rings. The van der Waals surface area contributed by atoms with E-state index in [0.29, 0.717) is 19.4 Å². The number of carbonyl (C=O) groups is 3. The first-order valence-corrected chi connectivity index (χ1v) is 7.45. The van der Waals surface area contributed by atoms with Crippen molar-refractivity contribution in [3.63, 3.8) is 0 Å². The first-order valence-electron chi connectivity index (χ1n) is 7.45. The Morgan fingerprint density at radius 3 is 2.15 bits per heavy atom. The largest absolute Gasteiger partial charge is 0.481 e. The first-order chi connectivity index (χ1) is 9.38. The van der Waals surface area contributed by atoms with Gasteiger partial charge in [0, 0.05) is 24.8 Å². The third-order valence-electron chi connectivity index (χ3n) is 4.29. The Morgan fingerprint density at radius 2 is 1.70 bits per heavy atom. The van der Waals surface area contributed by atoms with E-state index >= 15 is 0 Å². The highest BCUT2D eigenvalue weighted by Crippen LogP contribution is 2.27. The van der Waals surface area contributed by atoms with Crippen molar-refractivity contribution in [3.05, 3.63) is 0 Å². The molecule has 1 fully saturated rings. The van der Waals surface area contributed by atoms with Gasteiger partial charge in [-0.2, -0.15) is 0 Å².